The van der Waals surface area contributed by atoms with Crippen molar-refractivity contribution in [3.63, 3.8) is 0 Å². The normalized spacial score (nSPS) is 20.4. The molecule has 17 heavy (non-hydrogen) atoms. The highest BCUT2D eigenvalue weighted by Crippen LogP contribution is 2.20. The fourth-order valence-electron chi connectivity index (χ4n) is 1.72. The Labute approximate surface area is 99.4 Å². The third kappa shape index (κ3) is 3.39. The lowest BCUT2D eigenvalue weighted by Crippen LogP contribution is -2.37. The highest BCUT2D eigenvalue weighted by atomic mass is 19.1. The van der Waals surface area contributed by atoms with Crippen LogP contribution in [-0.4, -0.2) is 37.6 Å². The molecule has 94 valence electrons. The number of nitrogens with one attached hydrogen (secondary N) is 1. The molecule has 1 fully saturated rings. The number of halogens is 1. The zero-order chi connectivity index (χ0) is 12.1. The zero-order valence-corrected chi connectivity index (χ0v) is 9.49. The second-order valence-corrected chi connectivity index (χ2v) is 3.95. The molecule has 1 aromatic carbocycles. The Morgan fingerprint density at radius 2 is 2.29 bits per heavy atom. The van der Waals surface area contributed by atoms with Gasteiger partial charge in [-0.15, -0.1) is 0 Å². The standard InChI is InChI=1S/C12H16FNO3/c13-11-3-1-2-9(12(11)15)6-14-7-10-8-16-4-5-17-10/h1-3,10,14-15H,4-8H2. The van der Waals surface area contributed by atoms with Gasteiger partial charge in [-0.2, -0.15) is 0 Å². The van der Waals surface area contributed by atoms with Crippen LogP contribution in [0.5, 0.6) is 5.75 Å². The zero-order valence-electron chi connectivity index (χ0n) is 9.49. The summed E-state index contributed by atoms with van der Waals surface area (Å²) in [5, 5.41) is 12.6. The first kappa shape index (κ1) is 12.3. The molecule has 1 atom stereocenters. The molecule has 1 saturated heterocycles. The molecule has 1 heterocycles. The predicted octanol–water partition coefficient (Wildman–Crippen LogP) is 1.04. The number of para-hydroxylation sites is 1. The van der Waals surface area contributed by atoms with E-state index in [9.17, 15) is 9.50 Å². The van der Waals surface area contributed by atoms with Gasteiger partial charge in [0.05, 0.1) is 25.9 Å². The monoisotopic (exact) mass is 241 g/mol. The number of ether oxygens (including phenoxy) is 2. The van der Waals surface area contributed by atoms with Gasteiger partial charge in [0.1, 0.15) is 0 Å². The van der Waals surface area contributed by atoms with Crippen LogP contribution in [0.4, 0.5) is 4.39 Å². The van der Waals surface area contributed by atoms with Crippen molar-refractivity contribution in [3.05, 3.63) is 29.6 Å². The molecule has 5 heteroatoms. The highest BCUT2D eigenvalue weighted by molar-refractivity contribution is 5.33. The number of hydrogen-bond donors (Lipinski definition) is 2. The maximum Gasteiger partial charge on any atom is 0.165 e. The lowest BCUT2D eigenvalue weighted by molar-refractivity contribution is -0.0864. The summed E-state index contributed by atoms with van der Waals surface area (Å²) in [6.07, 6.45) is 0.0273. The van der Waals surface area contributed by atoms with Gasteiger partial charge in [-0.3, -0.25) is 0 Å². The summed E-state index contributed by atoms with van der Waals surface area (Å²) in [5.41, 5.74) is 0.543. The summed E-state index contributed by atoms with van der Waals surface area (Å²) >= 11 is 0. The minimum absolute atomic E-state index is 0.0273. The minimum Gasteiger partial charge on any atom is -0.505 e. The maximum absolute atomic E-state index is 13.0. The Morgan fingerprint density at radius 3 is 3.06 bits per heavy atom. The van der Waals surface area contributed by atoms with Crippen molar-refractivity contribution in [2.24, 2.45) is 0 Å². The quantitative estimate of drug-likeness (QED) is 0.827. The number of phenolic OH excluding ortho intramolecular Hbond substituents is 1. The largest absolute Gasteiger partial charge is 0.505 e. The minimum atomic E-state index is -0.596. The summed E-state index contributed by atoms with van der Waals surface area (Å²) in [7, 11) is 0. The first-order valence-electron chi connectivity index (χ1n) is 5.64. The fourth-order valence-corrected chi connectivity index (χ4v) is 1.72. The van der Waals surface area contributed by atoms with Crippen molar-refractivity contribution >= 4 is 0 Å². The molecule has 4 nitrogen and oxygen atoms in total. The van der Waals surface area contributed by atoms with Crippen molar-refractivity contribution in [1.82, 2.24) is 5.32 Å². The van der Waals surface area contributed by atoms with E-state index in [4.69, 9.17) is 9.47 Å². The SMILES string of the molecule is Oc1c(F)cccc1CNCC1COCCO1. The van der Waals surface area contributed by atoms with E-state index in [-0.39, 0.29) is 11.9 Å². The van der Waals surface area contributed by atoms with Gasteiger partial charge in [-0.05, 0) is 6.07 Å². The van der Waals surface area contributed by atoms with E-state index in [0.717, 1.165) is 0 Å². The molecule has 0 spiro atoms. The molecule has 0 radical (unpaired) electrons. The Balaban J connectivity index is 1.79. The van der Waals surface area contributed by atoms with E-state index in [1.807, 2.05) is 0 Å². The Kier molecular flexibility index (Phi) is 4.30. The molecule has 0 saturated carbocycles. The van der Waals surface area contributed by atoms with E-state index >= 15 is 0 Å². The van der Waals surface area contributed by atoms with Gasteiger partial charge in [-0.25, -0.2) is 4.39 Å². The molecule has 0 aliphatic carbocycles. The van der Waals surface area contributed by atoms with E-state index in [1.165, 1.54) is 6.07 Å². The van der Waals surface area contributed by atoms with Crippen LogP contribution in [-0.2, 0) is 16.0 Å². The van der Waals surface area contributed by atoms with Gasteiger partial charge >= 0.3 is 0 Å². The van der Waals surface area contributed by atoms with Crippen molar-refractivity contribution in [3.8, 4) is 5.75 Å². The van der Waals surface area contributed by atoms with Crippen molar-refractivity contribution < 1.29 is 19.0 Å². The topological polar surface area (TPSA) is 50.7 Å². The summed E-state index contributed by atoms with van der Waals surface area (Å²) in [5.74, 6) is -0.887. The molecule has 0 aromatic heterocycles. The Bertz CT molecular complexity index is 367. The average Bonchev–Trinajstić information content (AvgIpc) is 2.36. The number of aromatic hydroxyl groups is 1. The van der Waals surface area contributed by atoms with Gasteiger partial charge in [0.25, 0.3) is 0 Å². The second-order valence-electron chi connectivity index (χ2n) is 3.95. The molecule has 0 amide bonds. The van der Waals surface area contributed by atoms with E-state index in [0.29, 0.717) is 38.5 Å². The molecule has 2 rings (SSSR count). The molecular formula is C12H16FNO3. The Hall–Kier alpha value is -1.17. The van der Waals surface area contributed by atoms with Crippen LogP contribution in [0.15, 0.2) is 18.2 Å². The van der Waals surface area contributed by atoms with Crippen molar-refractivity contribution in [1.29, 1.82) is 0 Å². The van der Waals surface area contributed by atoms with Crippen LogP contribution in [0.2, 0.25) is 0 Å². The van der Waals surface area contributed by atoms with Gasteiger partial charge in [-0.1, -0.05) is 12.1 Å². The molecule has 1 aromatic rings. The number of rotatable bonds is 4. The molecule has 1 aliphatic rings. The van der Waals surface area contributed by atoms with Crippen LogP contribution < -0.4 is 5.32 Å². The fraction of sp³-hybridized carbons (Fsp3) is 0.500. The van der Waals surface area contributed by atoms with Crippen LogP contribution in [0.3, 0.4) is 0 Å². The predicted molar refractivity (Wildman–Crippen MR) is 60.3 cm³/mol. The van der Waals surface area contributed by atoms with Gasteiger partial charge in [0.15, 0.2) is 11.6 Å². The van der Waals surface area contributed by atoms with E-state index in [2.05, 4.69) is 5.32 Å². The maximum atomic E-state index is 13.0. The number of hydrogen-bond acceptors (Lipinski definition) is 4. The first-order chi connectivity index (χ1) is 8.27. The van der Waals surface area contributed by atoms with Crippen LogP contribution in [0.1, 0.15) is 5.56 Å². The van der Waals surface area contributed by atoms with Crippen molar-refractivity contribution in [2.45, 2.75) is 12.6 Å². The lowest BCUT2D eigenvalue weighted by atomic mass is 10.2. The van der Waals surface area contributed by atoms with Gasteiger partial charge < -0.3 is 19.9 Å². The van der Waals surface area contributed by atoms with Crippen molar-refractivity contribution in [2.75, 3.05) is 26.4 Å². The van der Waals surface area contributed by atoms with E-state index in [1.54, 1.807) is 12.1 Å². The Morgan fingerprint density at radius 1 is 1.41 bits per heavy atom. The second kappa shape index (κ2) is 5.95. The third-order valence-corrected chi connectivity index (χ3v) is 2.64. The summed E-state index contributed by atoms with van der Waals surface area (Å²) in [6.45, 7) is 2.85. The summed E-state index contributed by atoms with van der Waals surface area (Å²) in [6, 6.07) is 4.49. The van der Waals surface area contributed by atoms with Gasteiger partial charge in [0.2, 0.25) is 0 Å². The van der Waals surface area contributed by atoms with Gasteiger partial charge in [0, 0.05) is 18.7 Å². The van der Waals surface area contributed by atoms with E-state index < -0.39 is 5.82 Å². The number of phenols is 1. The molecule has 2 N–H and O–H groups in total. The molecule has 1 aliphatic heterocycles. The number of benzene rings is 1. The highest BCUT2D eigenvalue weighted by Gasteiger charge is 2.14. The van der Waals surface area contributed by atoms with Crippen LogP contribution >= 0.6 is 0 Å². The molecule has 1 unspecified atom stereocenters. The summed E-state index contributed by atoms with van der Waals surface area (Å²) < 4.78 is 23.7. The average molecular weight is 241 g/mol. The first-order valence-corrected chi connectivity index (χ1v) is 5.64. The van der Waals surface area contributed by atoms with Crippen LogP contribution in [0, 0.1) is 5.82 Å². The smallest absolute Gasteiger partial charge is 0.165 e. The lowest BCUT2D eigenvalue weighted by Gasteiger charge is -2.23. The molecule has 0 bridgehead atoms. The third-order valence-electron chi connectivity index (χ3n) is 2.64. The van der Waals surface area contributed by atoms with Crippen LogP contribution in [0.25, 0.3) is 0 Å². The molecular weight excluding hydrogens is 225 g/mol. The summed E-state index contributed by atoms with van der Waals surface area (Å²) in [4.78, 5) is 0.